The van der Waals surface area contributed by atoms with E-state index in [9.17, 15) is 5.11 Å². The average molecular weight is 348 g/mol. The van der Waals surface area contributed by atoms with Gasteiger partial charge in [0.15, 0.2) is 22.8 Å². The first-order valence-electron chi connectivity index (χ1n) is 8.28. The molecule has 1 aliphatic rings. The molecular formula is C21H16O5. The number of methoxy groups -OCH3 is 1. The van der Waals surface area contributed by atoms with Gasteiger partial charge in [0.05, 0.1) is 7.11 Å². The maximum Gasteiger partial charge on any atom is 0.231 e. The highest BCUT2D eigenvalue weighted by molar-refractivity contribution is 5.97. The molecule has 5 heteroatoms. The van der Waals surface area contributed by atoms with Crippen LogP contribution >= 0.6 is 0 Å². The number of aromatic hydroxyl groups is 1. The van der Waals surface area contributed by atoms with Crippen LogP contribution in [0, 0.1) is 6.92 Å². The monoisotopic (exact) mass is 348 g/mol. The largest absolute Gasteiger partial charge is 0.507 e. The SMILES string of the molecule is COc1cccc2c(C)c(-c3cc(O)c4cc5c(cc4c3)OCO5)oc12. The highest BCUT2D eigenvalue weighted by Crippen LogP contribution is 2.43. The van der Waals surface area contributed by atoms with Gasteiger partial charge in [0, 0.05) is 21.9 Å². The third-order valence-electron chi connectivity index (χ3n) is 4.83. The van der Waals surface area contributed by atoms with E-state index in [1.165, 1.54) is 0 Å². The topological polar surface area (TPSA) is 61.1 Å². The van der Waals surface area contributed by atoms with Crippen LogP contribution in [0.1, 0.15) is 5.56 Å². The van der Waals surface area contributed by atoms with Gasteiger partial charge >= 0.3 is 0 Å². The zero-order chi connectivity index (χ0) is 17.8. The lowest BCUT2D eigenvalue weighted by Gasteiger charge is -2.07. The zero-order valence-electron chi connectivity index (χ0n) is 14.3. The van der Waals surface area contributed by atoms with Gasteiger partial charge < -0.3 is 23.7 Å². The maximum absolute atomic E-state index is 10.5. The highest BCUT2D eigenvalue weighted by Gasteiger charge is 2.19. The Labute approximate surface area is 149 Å². The average Bonchev–Trinajstić information content (AvgIpc) is 3.24. The molecule has 0 fully saturated rings. The van der Waals surface area contributed by atoms with Crippen molar-refractivity contribution in [2.45, 2.75) is 6.92 Å². The number of hydrogen-bond acceptors (Lipinski definition) is 5. The fourth-order valence-electron chi connectivity index (χ4n) is 3.52. The van der Waals surface area contributed by atoms with E-state index < -0.39 is 0 Å². The second-order valence-electron chi connectivity index (χ2n) is 6.32. The molecule has 0 unspecified atom stereocenters. The van der Waals surface area contributed by atoms with E-state index in [-0.39, 0.29) is 12.5 Å². The van der Waals surface area contributed by atoms with E-state index in [1.807, 2.05) is 37.3 Å². The number of ether oxygens (including phenoxy) is 3. The highest BCUT2D eigenvalue weighted by atomic mass is 16.7. The molecule has 0 saturated carbocycles. The Kier molecular flexibility index (Phi) is 3.06. The van der Waals surface area contributed by atoms with Crippen molar-refractivity contribution in [3.63, 3.8) is 0 Å². The molecule has 1 aliphatic heterocycles. The smallest absolute Gasteiger partial charge is 0.231 e. The van der Waals surface area contributed by atoms with Crippen molar-refractivity contribution in [3.8, 4) is 34.3 Å². The first kappa shape index (κ1) is 15.0. The van der Waals surface area contributed by atoms with Crippen LogP contribution in [0.2, 0.25) is 0 Å². The van der Waals surface area contributed by atoms with Gasteiger partial charge in [-0.15, -0.1) is 0 Å². The van der Waals surface area contributed by atoms with Crippen molar-refractivity contribution in [2.24, 2.45) is 0 Å². The van der Waals surface area contributed by atoms with Crippen molar-refractivity contribution < 1.29 is 23.7 Å². The van der Waals surface area contributed by atoms with E-state index in [1.54, 1.807) is 19.2 Å². The second-order valence-corrected chi connectivity index (χ2v) is 6.32. The lowest BCUT2D eigenvalue weighted by Crippen LogP contribution is -1.92. The Morgan fingerprint density at radius 2 is 1.81 bits per heavy atom. The molecule has 0 atom stereocenters. The van der Waals surface area contributed by atoms with Crippen molar-refractivity contribution in [2.75, 3.05) is 13.9 Å². The summed E-state index contributed by atoms with van der Waals surface area (Å²) in [6, 6.07) is 13.2. The van der Waals surface area contributed by atoms with Gasteiger partial charge in [0.2, 0.25) is 6.79 Å². The van der Waals surface area contributed by atoms with Gasteiger partial charge in [-0.05, 0) is 42.6 Å². The molecule has 4 aromatic rings. The Balaban J connectivity index is 1.76. The Morgan fingerprint density at radius 3 is 2.62 bits per heavy atom. The molecule has 0 saturated heterocycles. The third-order valence-corrected chi connectivity index (χ3v) is 4.83. The van der Waals surface area contributed by atoms with Crippen LogP contribution in [0.25, 0.3) is 33.1 Å². The quantitative estimate of drug-likeness (QED) is 0.552. The summed E-state index contributed by atoms with van der Waals surface area (Å²) in [5, 5.41) is 13.1. The number of furan rings is 1. The minimum atomic E-state index is 0.169. The first-order valence-corrected chi connectivity index (χ1v) is 8.28. The summed E-state index contributed by atoms with van der Waals surface area (Å²) in [5.74, 6) is 2.88. The molecule has 2 heterocycles. The molecule has 5 nitrogen and oxygen atoms in total. The zero-order valence-corrected chi connectivity index (χ0v) is 14.3. The van der Waals surface area contributed by atoms with Gasteiger partial charge in [-0.3, -0.25) is 0 Å². The van der Waals surface area contributed by atoms with E-state index in [4.69, 9.17) is 18.6 Å². The summed E-state index contributed by atoms with van der Waals surface area (Å²) in [6.45, 7) is 2.20. The summed E-state index contributed by atoms with van der Waals surface area (Å²) in [6.07, 6.45) is 0. The fourth-order valence-corrected chi connectivity index (χ4v) is 3.52. The summed E-state index contributed by atoms with van der Waals surface area (Å²) in [5.41, 5.74) is 2.50. The number of phenolic OH excluding ortho intramolecular Hbond substituents is 1. The van der Waals surface area contributed by atoms with Crippen LogP contribution in [0.3, 0.4) is 0 Å². The number of hydrogen-bond donors (Lipinski definition) is 1. The molecule has 130 valence electrons. The molecule has 0 bridgehead atoms. The van der Waals surface area contributed by atoms with E-state index in [0.717, 1.165) is 21.9 Å². The van der Waals surface area contributed by atoms with E-state index in [0.29, 0.717) is 34.0 Å². The van der Waals surface area contributed by atoms with Gasteiger partial charge in [-0.2, -0.15) is 0 Å². The van der Waals surface area contributed by atoms with Gasteiger partial charge in [0.1, 0.15) is 11.5 Å². The number of rotatable bonds is 2. The van der Waals surface area contributed by atoms with E-state index >= 15 is 0 Å². The van der Waals surface area contributed by atoms with Crippen LogP contribution in [0.5, 0.6) is 23.0 Å². The Morgan fingerprint density at radius 1 is 1.00 bits per heavy atom. The molecule has 0 amide bonds. The van der Waals surface area contributed by atoms with Crippen molar-refractivity contribution in [3.05, 3.63) is 48.0 Å². The summed E-state index contributed by atoms with van der Waals surface area (Å²) in [4.78, 5) is 0. The summed E-state index contributed by atoms with van der Waals surface area (Å²) >= 11 is 0. The first-order chi connectivity index (χ1) is 12.7. The number of phenols is 1. The maximum atomic E-state index is 10.5. The fraction of sp³-hybridized carbons (Fsp3) is 0.143. The van der Waals surface area contributed by atoms with Gasteiger partial charge in [0.25, 0.3) is 0 Å². The van der Waals surface area contributed by atoms with Crippen LogP contribution in [-0.2, 0) is 0 Å². The van der Waals surface area contributed by atoms with Crippen LogP contribution < -0.4 is 14.2 Å². The predicted molar refractivity (Wildman–Crippen MR) is 98.2 cm³/mol. The standard InChI is InChI=1S/C21H16O5/c1-11-14-4-3-5-17(23-2)21(14)26-20(11)13-6-12-8-18-19(25-10-24-18)9-15(12)16(22)7-13/h3-9,22H,10H2,1-2H3. The second kappa shape index (κ2) is 5.33. The number of aryl methyl sites for hydroxylation is 1. The summed E-state index contributed by atoms with van der Waals surface area (Å²) < 4.78 is 22.4. The lowest BCUT2D eigenvalue weighted by atomic mass is 10.0. The molecule has 0 aliphatic carbocycles. The molecule has 3 aromatic carbocycles. The molecule has 0 spiro atoms. The van der Waals surface area contributed by atoms with Crippen molar-refractivity contribution in [1.82, 2.24) is 0 Å². The molecule has 5 rings (SSSR count). The third kappa shape index (κ3) is 2.03. The molecule has 1 N–H and O–H groups in total. The lowest BCUT2D eigenvalue weighted by molar-refractivity contribution is 0.174. The predicted octanol–water partition coefficient (Wildman–Crippen LogP) is 5.00. The molecular weight excluding hydrogens is 332 g/mol. The minimum absolute atomic E-state index is 0.169. The summed E-state index contributed by atoms with van der Waals surface area (Å²) in [7, 11) is 1.62. The molecule has 0 radical (unpaired) electrons. The van der Waals surface area contributed by atoms with Gasteiger partial charge in [-0.1, -0.05) is 12.1 Å². The molecule has 26 heavy (non-hydrogen) atoms. The van der Waals surface area contributed by atoms with Crippen LogP contribution in [0.4, 0.5) is 0 Å². The van der Waals surface area contributed by atoms with Crippen molar-refractivity contribution >= 4 is 21.7 Å². The van der Waals surface area contributed by atoms with Gasteiger partial charge in [-0.25, -0.2) is 0 Å². The number of fused-ring (bicyclic) bond motifs is 3. The van der Waals surface area contributed by atoms with Crippen LogP contribution in [0.15, 0.2) is 46.9 Å². The Hall–Kier alpha value is -3.34. The van der Waals surface area contributed by atoms with Crippen LogP contribution in [-0.4, -0.2) is 19.0 Å². The van der Waals surface area contributed by atoms with E-state index in [2.05, 4.69) is 0 Å². The minimum Gasteiger partial charge on any atom is -0.507 e. The number of benzene rings is 3. The molecule has 1 aromatic heterocycles. The number of para-hydroxylation sites is 1. The van der Waals surface area contributed by atoms with Crippen molar-refractivity contribution in [1.29, 1.82) is 0 Å². The Bertz CT molecular complexity index is 1170. The normalized spacial score (nSPS) is 12.8.